The molecule has 76 valence electrons. The minimum absolute atomic E-state index is 0.0379. The van der Waals surface area contributed by atoms with E-state index in [9.17, 15) is 4.79 Å². The van der Waals surface area contributed by atoms with Gasteiger partial charge in [0.25, 0.3) is 0 Å². The van der Waals surface area contributed by atoms with Crippen molar-refractivity contribution in [2.75, 3.05) is 0 Å². The maximum Gasteiger partial charge on any atom is 0.193 e. The molecule has 0 heterocycles. The second kappa shape index (κ2) is 4.80. The molecule has 0 atom stereocenters. The quantitative estimate of drug-likeness (QED) is 0.557. The Kier molecular flexibility index (Phi) is 3.20. The Morgan fingerprint density at radius 2 is 1.62 bits per heavy atom. The van der Waals surface area contributed by atoms with Gasteiger partial charge in [0.2, 0.25) is 0 Å². The number of carbonyl (C=O) groups excluding carboxylic acids is 1. The Hall–Kier alpha value is -1.83. The van der Waals surface area contributed by atoms with Crippen LogP contribution in [0.15, 0.2) is 54.6 Å². The summed E-state index contributed by atoms with van der Waals surface area (Å²) in [6.45, 7) is 0. The number of ketones is 1. The molecule has 0 saturated carbocycles. The molecule has 16 heavy (non-hydrogen) atoms. The second-order valence-corrected chi connectivity index (χ2v) is 3.60. The standard InChI is InChI=1S/C14H11BO/c15-10-11-5-4-8-13(9-11)14(16)12-6-2-1-3-7-12/h1-9H,10H2. The van der Waals surface area contributed by atoms with Crippen LogP contribution in [0.1, 0.15) is 21.5 Å². The molecule has 0 unspecified atom stereocenters. The molecular weight excluding hydrogens is 195 g/mol. The zero-order valence-electron chi connectivity index (χ0n) is 8.89. The number of rotatable bonds is 3. The topological polar surface area (TPSA) is 17.1 Å². The first-order chi connectivity index (χ1) is 7.81. The summed E-state index contributed by atoms with van der Waals surface area (Å²) >= 11 is 0. The van der Waals surface area contributed by atoms with E-state index >= 15 is 0 Å². The van der Waals surface area contributed by atoms with Crippen molar-refractivity contribution in [1.82, 2.24) is 0 Å². The molecule has 2 aromatic rings. The lowest BCUT2D eigenvalue weighted by atomic mass is 9.94. The monoisotopic (exact) mass is 206 g/mol. The summed E-state index contributed by atoms with van der Waals surface area (Å²) in [6.07, 6.45) is 0.454. The van der Waals surface area contributed by atoms with Crippen LogP contribution in [-0.4, -0.2) is 13.6 Å². The van der Waals surface area contributed by atoms with E-state index in [1.807, 2.05) is 54.6 Å². The number of benzene rings is 2. The molecule has 0 bridgehead atoms. The first-order valence-electron chi connectivity index (χ1n) is 5.20. The molecule has 0 aliphatic carbocycles. The van der Waals surface area contributed by atoms with E-state index in [1.165, 1.54) is 0 Å². The third-order valence-corrected chi connectivity index (χ3v) is 2.46. The molecular formula is C14H11BO. The van der Waals surface area contributed by atoms with Gasteiger partial charge in [-0.15, -0.1) is 0 Å². The first-order valence-corrected chi connectivity index (χ1v) is 5.20. The summed E-state index contributed by atoms with van der Waals surface area (Å²) in [7, 11) is 5.55. The van der Waals surface area contributed by atoms with Crippen LogP contribution in [0.4, 0.5) is 0 Å². The van der Waals surface area contributed by atoms with Crippen LogP contribution in [0.25, 0.3) is 0 Å². The zero-order valence-corrected chi connectivity index (χ0v) is 8.89. The van der Waals surface area contributed by atoms with Gasteiger partial charge in [-0.3, -0.25) is 4.79 Å². The normalized spacial score (nSPS) is 10.0. The summed E-state index contributed by atoms with van der Waals surface area (Å²) in [5.41, 5.74) is 2.37. The van der Waals surface area contributed by atoms with Gasteiger partial charge >= 0.3 is 0 Å². The van der Waals surface area contributed by atoms with Crippen LogP contribution in [0.2, 0.25) is 0 Å². The van der Waals surface area contributed by atoms with E-state index < -0.39 is 0 Å². The average Bonchev–Trinajstić information content (AvgIpc) is 2.39. The lowest BCUT2D eigenvalue weighted by molar-refractivity contribution is 0.103. The fraction of sp³-hybridized carbons (Fsp3) is 0.0714. The van der Waals surface area contributed by atoms with Crippen molar-refractivity contribution in [2.45, 2.75) is 6.32 Å². The molecule has 1 nitrogen and oxygen atoms in total. The molecule has 0 spiro atoms. The van der Waals surface area contributed by atoms with Crippen molar-refractivity contribution in [3.05, 3.63) is 71.3 Å². The van der Waals surface area contributed by atoms with Crippen LogP contribution in [0.5, 0.6) is 0 Å². The highest BCUT2D eigenvalue weighted by molar-refractivity contribution is 6.10. The van der Waals surface area contributed by atoms with Crippen LogP contribution in [-0.2, 0) is 6.32 Å². The van der Waals surface area contributed by atoms with Gasteiger partial charge in [0.15, 0.2) is 5.78 Å². The summed E-state index contributed by atoms with van der Waals surface area (Å²) < 4.78 is 0. The lowest BCUT2D eigenvalue weighted by Gasteiger charge is -2.03. The third-order valence-electron chi connectivity index (χ3n) is 2.46. The molecule has 2 rings (SSSR count). The van der Waals surface area contributed by atoms with Gasteiger partial charge in [-0.25, -0.2) is 0 Å². The van der Waals surface area contributed by atoms with E-state index in [0.29, 0.717) is 17.4 Å². The second-order valence-electron chi connectivity index (χ2n) is 3.60. The van der Waals surface area contributed by atoms with Crippen molar-refractivity contribution < 1.29 is 4.79 Å². The van der Waals surface area contributed by atoms with Gasteiger partial charge in [-0.2, -0.15) is 0 Å². The van der Waals surface area contributed by atoms with Crippen LogP contribution < -0.4 is 0 Å². The van der Waals surface area contributed by atoms with E-state index in [2.05, 4.69) is 0 Å². The number of hydrogen-bond donors (Lipinski definition) is 0. The molecule has 0 amide bonds. The van der Waals surface area contributed by atoms with Gasteiger partial charge in [-0.1, -0.05) is 60.4 Å². The molecule has 0 aliphatic heterocycles. The highest BCUT2D eigenvalue weighted by Gasteiger charge is 2.07. The smallest absolute Gasteiger partial charge is 0.193 e. The predicted octanol–water partition coefficient (Wildman–Crippen LogP) is 2.59. The lowest BCUT2D eigenvalue weighted by Crippen LogP contribution is -2.01. The molecule has 2 radical (unpaired) electrons. The Morgan fingerprint density at radius 3 is 2.31 bits per heavy atom. The van der Waals surface area contributed by atoms with E-state index in [4.69, 9.17) is 7.85 Å². The largest absolute Gasteiger partial charge is 0.289 e. The molecule has 0 aliphatic rings. The van der Waals surface area contributed by atoms with Crippen LogP contribution in [0.3, 0.4) is 0 Å². The van der Waals surface area contributed by atoms with Crippen molar-refractivity contribution in [2.24, 2.45) is 0 Å². The van der Waals surface area contributed by atoms with Crippen molar-refractivity contribution in [3.8, 4) is 0 Å². The minimum atomic E-state index is 0.0379. The van der Waals surface area contributed by atoms with Gasteiger partial charge in [0.05, 0.1) is 7.85 Å². The fourth-order valence-electron chi connectivity index (χ4n) is 1.60. The fourth-order valence-corrected chi connectivity index (χ4v) is 1.60. The Labute approximate surface area is 96.5 Å². The predicted molar refractivity (Wildman–Crippen MR) is 65.8 cm³/mol. The Morgan fingerprint density at radius 1 is 0.938 bits per heavy atom. The molecule has 0 aromatic heterocycles. The van der Waals surface area contributed by atoms with Gasteiger partial charge in [0.1, 0.15) is 0 Å². The minimum Gasteiger partial charge on any atom is -0.289 e. The van der Waals surface area contributed by atoms with Gasteiger partial charge in [0, 0.05) is 11.1 Å². The number of carbonyl (C=O) groups is 1. The van der Waals surface area contributed by atoms with Gasteiger partial charge in [-0.05, 0) is 6.07 Å². The van der Waals surface area contributed by atoms with Gasteiger partial charge < -0.3 is 0 Å². The molecule has 0 N–H and O–H groups in total. The van der Waals surface area contributed by atoms with Crippen molar-refractivity contribution >= 4 is 13.6 Å². The maximum atomic E-state index is 12.1. The van der Waals surface area contributed by atoms with Crippen molar-refractivity contribution in [3.63, 3.8) is 0 Å². The third kappa shape index (κ3) is 2.22. The van der Waals surface area contributed by atoms with Crippen LogP contribution in [0, 0.1) is 0 Å². The summed E-state index contributed by atoms with van der Waals surface area (Å²) in [5.74, 6) is 0.0379. The molecule has 0 saturated heterocycles. The SMILES string of the molecule is [B]Cc1cccc(C(=O)c2ccccc2)c1. The van der Waals surface area contributed by atoms with Crippen LogP contribution >= 0.6 is 0 Å². The highest BCUT2D eigenvalue weighted by atomic mass is 16.1. The molecule has 0 fully saturated rings. The maximum absolute atomic E-state index is 12.1. The average molecular weight is 206 g/mol. The Balaban J connectivity index is 2.34. The highest BCUT2D eigenvalue weighted by Crippen LogP contribution is 2.11. The van der Waals surface area contributed by atoms with Crippen molar-refractivity contribution in [1.29, 1.82) is 0 Å². The zero-order chi connectivity index (χ0) is 11.4. The summed E-state index contributed by atoms with van der Waals surface area (Å²) in [5, 5.41) is 0. The van der Waals surface area contributed by atoms with E-state index in [0.717, 1.165) is 5.56 Å². The summed E-state index contributed by atoms with van der Waals surface area (Å²) in [4.78, 5) is 12.1. The first kappa shape index (κ1) is 10.7. The molecule has 2 aromatic carbocycles. The molecule has 2 heteroatoms. The Bertz CT molecular complexity index is 491. The van der Waals surface area contributed by atoms with E-state index in [1.54, 1.807) is 0 Å². The summed E-state index contributed by atoms with van der Waals surface area (Å²) in [6, 6.07) is 16.7. The number of hydrogen-bond acceptors (Lipinski definition) is 1. The van der Waals surface area contributed by atoms with E-state index in [-0.39, 0.29) is 5.78 Å².